The van der Waals surface area contributed by atoms with E-state index in [1.165, 1.54) is 18.4 Å². The second kappa shape index (κ2) is 8.76. The SMILES string of the molecule is Cc1cc(C(=O)NCc2cccc(C(=O)NCC3CC3)c2)ccc1C1CNNC1. The molecule has 1 saturated carbocycles. The Bertz CT molecular complexity index is 902. The van der Waals surface area contributed by atoms with Crippen molar-refractivity contribution in [1.82, 2.24) is 21.5 Å². The maximum Gasteiger partial charge on any atom is 0.251 e. The standard InChI is InChI=1S/C23H28N4O2/c1-15-9-19(7-8-21(15)20-13-26-27-14-20)23(29)25-12-17-3-2-4-18(10-17)22(28)24-11-16-5-6-16/h2-4,7-10,16,20,26-27H,5-6,11-14H2,1H3,(H,24,28)(H,25,29). The van der Waals surface area contributed by atoms with Gasteiger partial charge in [-0.3, -0.25) is 20.4 Å². The highest BCUT2D eigenvalue weighted by Crippen LogP contribution is 2.27. The molecule has 2 amide bonds. The Morgan fingerprint density at radius 2 is 1.69 bits per heavy atom. The van der Waals surface area contributed by atoms with Crippen LogP contribution >= 0.6 is 0 Å². The van der Waals surface area contributed by atoms with Gasteiger partial charge < -0.3 is 10.6 Å². The quantitative estimate of drug-likeness (QED) is 0.583. The number of rotatable bonds is 7. The molecule has 2 fully saturated rings. The Morgan fingerprint density at radius 3 is 2.41 bits per heavy atom. The molecule has 1 aliphatic heterocycles. The lowest BCUT2D eigenvalue weighted by atomic mass is 9.94. The molecule has 29 heavy (non-hydrogen) atoms. The predicted molar refractivity (Wildman–Crippen MR) is 113 cm³/mol. The number of amides is 2. The van der Waals surface area contributed by atoms with E-state index < -0.39 is 0 Å². The largest absolute Gasteiger partial charge is 0.352 e. The Labute approximate surface area is 171 Å². The molecule has 0 bridgehead atoms. The first-order chi connectivity index (χ1) is 14.1. The van der Waals surface area contributed by atoms with Crippen LogP contribution in [0.2, 0.25) is 0 Å². The topological polar surface area (TPSA) is 82.3 Å². The predicted octanol–water partition coefficient (Wildman–Crippen LogP) is 2.26. The van der Waals surface area contributed by atoms with Crippen molar-refractivity contribution in [3.63, 3.8) is 0 Å². The fourth-order valence-electron chi connectivity index (χ4n) is 3.73. The summed E-state index contributed by atoms with van der Waals surface area (Å²) in [5, 5.41) is 5.94. The molecule has 1 saturated heterocycles. The number of hydrogen-bond donors (Lipinski definition) is 4. The van der Waals surface area contributed by atoms with Crippen LogP contribution in [0.15, 0.2) is 42.5 Å². The third-order valence-electron chi connectivity index (χ3n) is 5.68. The van der Waals surface area contributed by atoms with Crippen LogP contribution in [0.3, 0.4) is 0 Å². The zero-order chi connectivity index (χ0) is 20.2. The van der Waals surface area contributed by atoms with Crippen LogP contribution < -0.4 is 21.5 Å². The van der Waals surface area contributed by atoms with Crippen molar-refractivity contribution >= 4 is 11.8 Å². The van der Waals surface area contributed by atoms with Crippen molar-refractivity contribution in [2.24, 2.45) is 5.92 Å². The van der Waals surface area contributed by atoms with Gasteiger partial charge in [0.2, 0.25) is 0 Å². The summed E-state index contributed by atoms with van der Waals surface area (Å²) < 4.78 is 0. The molecule has 1 aliphatic carbocycles. The second-order valence-corrected chi connectivity index (χ2v) is 8.07. The Balaban J connectivity index is 1.34. The Kier molecular flexibility index (Phi) is 5.92. The lowest BCUT2D eigenvalue weighted by Gasteiger charge is -2.13. The van der Waals surface area contributed by atoms with Crippen LogP contribution in [-0.4, -0.2) is 31.4 Å². The summed E-state index contributed by atoms with van der Waals surface area (Å²) in [5.41, 5.74) is 10.9. The summed E-state index contributed by atoms with van der Waals surface area (Å²) >= 11 is 0. The summed E-state index contributed by atoms with van der Waals surface area (Å²) in [4.78, 5) is 24.9. The van der Waals surface area contributed by atoms with E-state index in [2.05, 4.69) is 27.6 Å². The molecule has 1 heterocycles. The molecule has 4 rings (SSSR count). The molecule has 2 aromatic rings. The number of hydrogen-bond acceptors (Lipinski definition) is 4. The van der Waals surface area contributed by atoms with Gasteiger partial charge in [-0.2, -0.15) is 0 Å². The van der Waals surface area contributed by atoms with E-state index >= 15 is 0 Å². The fraction of sp³-hybridized carbons (Fsp3) is 0.391. The van der Waals surface area contributed by atoms with Gasteiger partial charge in [0.15, 0.2) is 0 Å². The first kappa shape index (κ1) is 19.6. The normalized spacial score (nSPS) is 16.6. The number of aryl methyl sites for hydroxylation is 1. The highest BCUT2D eigenvalue weighted by Gasteiger charge is 2.22. The molecule has 0 radical (unpaired) electrons. The molecule has 0 spiro atoms. The first-order valence-electron chi connectivity index (χ1n) is 10.3. The van der Waals surface area contributed by atoms with E-state index in [0.717, 1.165) is 30.8 Å². The van der Waals surface area contributed by atoms with Crippen molar-refractivity contribution in [2.75, 3.05) is 19.6 Å². The zero-order valence-corrected chi connectivity index (χ0v) is 16.8. The minimum atomic E-state index is -0.106. The molecule has 4 N–H and O–H groups in total. The highest BCUT2D eigenvalue weighted by molar-refractivity contribution is 5.95. The average Bonchev–Trinajstić information content (AvgIpc) is 3.42. The smallest absolute Gasteiger partial charge is 0.251 e. The molecule has 6 nitrogen and oxygen atoms in total. The Morgan fingerprint density at radius 1 is 0.966 bits per heavy atom. The van der Waals surface area contributed by atoms with Crippen LogP contribution in [0, 0.1) is 12.8 Å². The number of carbonyl (C=O) groups is 2. The molecule has 2 aliphatic rings. The zero-order valence-electron chi connectivity index (χ0n) is 16.8. The summed E-state index contributed by atoms with van der Waals surface area (Å²) in [5.74, 6) is 0.927. The van der Waals surface area contributed by atoms with Crippen molar-refractivity contribution in [3.05, 3.63) is 70.3 Å². The van der Waals surface area contributed by atoms with Crippen molar-refractivity contribution in [2.45, 2.75) is 32.2 Å². The van der Waals surface area contributed by atoms with Crippen LogP contribution in [0.4, 0.5) is 0 Å². The number of carbonyl (C=O) groups excluding carboxylic acids is 2. The second-order valence-electron chi connectivity index (χ2n) is 8.07. The Hall–Kier alpha value is -2.70. The van der Waals surface area contributed by atoms with E-state index in [0.29, 0.717) is 29.5 Å². The summed E-state index contributed by atoms with van der Waals surface area (Å²) in [6, 6.07) is 13.3. The van der Waals surface area contributed by atoms with Gasteiger partial charge in [0.05, 0.1) is 0 Å². The molecule has 0 atom stereocenters. The molecule has 2 aromatic carbocycles. The number of benzene rings is 2. The minimum absolute atomic E-state index is 0.0489. The monoisotopic (exact) mass is 392 g/mol. The van der Waals surface area contributed by atoms with Crippen LogP contribution in [0.5, 0.6) is 0 Å². The lowest BCUT2D eigenvalue weighted by Crippen LogP contribution is -2.26. The van der Waals surface area contributed by atoms with Crippen molar-refractivity contribution < 1.29 is 9.59 Å². The van der Waals surface area contributed by atoms with Crippen molar-refractivity contribution in [3.8, 4) is 0 Å². The highest BCUT2D eigenvalue weighted by atomic mass is 16.2. The summed E-state index contributed by atoms with van der Waals surface area (Å²) in [7, 11) is 0. The maximum atomic E-state index is 12.6. The van der Waals surface area contributed by atoms with E-state index in [-0.39, 0.29) is 11.8 Å². The molecular formula is C23H28N4O2. The van der Waals surface area contributed by atoms with Gasteiger partial charge in [-0.05, 0) is 66.6 Å². The third-order valence-corrected chi connectivity index (χ3v) is 5.68. The number of nitrogens with one attached hydrogen (secondary N) is 4. The summed E-state index contributed by atoms with van der Waals surface area (Å²) in [6.45, 7) is 4.99. The minimum Gasteiger partial charge on any atom is -0.352 e. The van der Waals surface area contributed by atoms with E-state index in [4.69, 9.17) is 0 Å². The molecule has 0 unspecified atom stereocenters. The third kappa shape index (κ3) is 5.02. The van der Waals surface area contributed by atoms with Gasteiger partial charge in [0.1, 0.15) is 0 Å². The van der Waals surface area contributed by atoms with Crippen molar-refractivity contribution in [1.29, 1.82) is 0 Å². The van der Waals surface area contributed by atoms with Gasteiger partial charge >= 0.3 is 0 Å². The maximum absolute atomic E-state index is 12.6. The van der Waals surface area contributed by atoms with Gasteiger partial charge in [-0.15, -0.1) is 0 Å². The average molecular weight is 393 g/mol. The van der Waals surface area contributed by atoms with Crippen LogP contribution in [0.1, 0.15) is 56.2 Å². The first-order valence-corrected chi connectivity index (χ1v) is 10.3. The summed E-state index contributed by atoms with van der Waals surface area (Å²) in [6.07, 6.45) is 2.42. The molecule has 0 aromatic heterocycles. The number of hydrazine groups is 1. The van der Waals surface area contributed by atoms with Gasteiger partial charge in [-0.1, -0.05) is 18.2 Å². The van der Waals surface area contributed by atoms with Gasteiger partial charge in [-0.25, -0.2) is 0 Å². The van der Waals surface area contributed by atoms with Crippen LogP contribution in [-0.2, 0) is 6.54 Å². The molecule has 152 valence electrons. The van der Waals surface area contributed by atoms with E-state index in [1.807, 2.05) is 43.3 Å². The van der Waals surface area contributed by atoms with Gasteiger partial charge in [0.25, 0.3) is 11.8 Å². The van der Waals surface area contributed by atoms with Gasteiger partial charge in [0, 0.05) is 43.2 Å². The molecule has 6 heteroatoms. The fourth-order valence-corrected chi connectivity index (χ4v) is 3.73. The van der Waals surface area contributed by atoms with Crippen LogP contribution in [0.25, 0.3) is 0 Å². The van der Waals surface area contributed by atoms with E-state index in [1.54, 1.807) is 0 Å². The molecular weight excluding hydrogens is 364 g/mol. The van der Waals surface area contributed by atoms with E-state index in [9.17, 15) is 9.59 Å². The lowest BCUT2D eigenvalue weighted by molar-refractivity contribution is 0.0945.